The molecule has 234 valence electrons. The summed E-state index contributed by atoms with van der Waals surface area (Å²) in [6, 6.07) is -1.15. The average molecular weight is 666 g/mol. The second kappa shape index (κ2) is 13.5. The molecule has 0 aromatic carbocycles. The number of hydrogen-bond donors (Lipinski definition) is 5. The van der Waals surface area contributed by atoms with Crippen molar-refractivity contribution in [1.29, 1.82) is 0 Å². The molecular weight excluding hydrogens is 639 g/mol. The summed E-state index contributed by atoms with van der Waals surface area (Å²) in [6.45, 7) is 5.41. The van der Waals surface area contributed by atoms with E-state index < -0.39 is 45.5 Å². The van der Waals surface area contributed by atoms with Gasteiger partial charge in [-0.15, -0.1) is 23.3 Å². The van der Waals surface area contributed by atoms with Crippen LogP contribution in [0.2, 0.25) is 0 Å². The molecular formula is C23H27N11O7S3. The maximum Gasteiger partial charge on any atom is 0.407 e. The number of rotatable bonds is 11. The van der Waals surface area contributed by atoms with Crippen molar-refractivity contribution in [1.82, 2.24) is 45.1 Å². The predicted molar refractivity (Wildman–Crippen MR) is 160 cm³/mol. The number of carbonyl (C=O) groups excluding carboxylic acids is 3. The fourth-order valence-corrected chi connectivity index (χ4v) is 6.33. The van der Waals surface area contributed by atoms with Crippen LogP contribution in [0.1, 0.15) is 38.8 Å². The molecule has 0 aliphatic carbocycles. The van der Waals surface area contributed by atoms with Crippen molar-refractivity contribution in [2.24, 2.45) is 5.16 Å². The maximum atomic E-state index is 13.3. The first kappa shape index (κ1) is 32.5. The Bertz CT molecular complexity index is 1560. The zero-order valence-corrected chi connectivity index (χ0v) is 26.0. The van der Waals surface area contributed by atoms with E-state index in [0.717, 1.165) is 28.2 Å². The fourth-order valence-electron chi connectivity index (χ4n) is 4.00. The molecule has 0 radical (unpaired) electrons. The lowest BCUT2D eigenvalue weighted by molar-refractivity contribution is -0.149. The summed E-state index contributed by atoms with van der Waals surface area (Å²) in [4.78, 5) is 60.6. The van der Waals surface area contributed by atoms with Gasteiger partial charge >= 0.3 is 12.1 Å². The molecule has 2 aromatic heterocycles. The Morgan fingerprint density at radius 2 is 2.07 bits per heavy atom. The molecule has 21 heteroatoms. The molecule has 0 bridgehead atoms. The van der Waals surface area contributed by atoms with Crippen LogP contribution in [0.5, 0.6) is 0 Å². The highest BCUT2D eigenvalue weighted by molar-refractivity contribution is 8.11. The van der Waals surface area contributed by atoms with Gasteiger partial charge in [0.2, 0.25) is 11.5 Å². The third kappa shape index (κ3) is 7.20. The number of thioether (sulfide) groups is 1. The highest BCUT2D eigenvalue weighted by Gasteiger charge is 2.57. The summed E-state index contributed by atoms with van der Waals surface area (Å²) in [7, 11) is 0. The molecule has 2 aliphatic rings. The number of aliphatic carboxylic acids is 1. The number of carbonyl (C=O) groups is 4. The molecule has 18 nitrogen and oxygen atoms in total. The number of aromatic nitrogens is 6. The number of carboxylic acid groups (broad SMARTS) is 1. The Balaban J connectivity index is 1.50. The number of aryl methyl sites for hydroxylation is 1. The summed E-state index contributed by atoms with van der Waals surface area (Å²) < 4.78 is 9.69. The third-order valence-corrected chi connectivity index (χ3v) is 8.12. The molecule has 3 atom stereocenters. The van der Waals surface area contributed by atoms with E-state index in [9.17, 15) is 24.3 Å². The molecule has 4 rings (SSSR count). The summed E-state index contributed by atoms with van der Waals surface area (Å²) in [5.41, 5.74) is 4.31. The molecule has 2 unspecified atom stereocenters. The van der Waals surface area contributed by atoms with Gasteiger partial charge in [-0.05, 0) is 37.6 Å². The van der Waals surface area contributed by atoms with Gasteiger partial charge in [-0.2, -0.15) is 22.0 Å². The smallest absolute Gasteiger partial charge is 0.407 e. The van der Waals surface area contributed by atoms with E-state index in [-0.39, 0.29) is 53.5 Å². The van der Waals surface area contributed by atoms with Crippen LogP contribution in [0.3, 0.4) is 0 Å². The monoisotopic (exact) mass is 665 g/mol. The molecule has 2 aliphatic heterocycles. The van der Waals surface area contributed by atoms with Crippen LogP contribution in [0, 0.1) is 12.3 Å². The lowest BCUT2D eigenvalue weighted by atomic mass is 10.0. The van der Waals surface area contributed by atoms with Gasteiger partial charge in [0.15, 0.2) is 17.6 Å². The van der Waals surface area contributed by atoms with Gasteiger partial charge in [0.25, 0.3) is 11.8 Å². The Kier molecular flexibility index (Phi) is 9.95. The van der Waals surface area contributed by atoms with Gasteiger partial charge in [0, 0.05) is 24.6 Å². The highest BCUT2D eigenvalue weighted by Crippen LogP contribution is 2.48. The molecule has 0 saturated carbocycles. The number of nitrogens with two attached hydrogens (primary N) is 1. The number of alkyl carbamates (subject to hydrolysis) is 1. The Hall–Kier alpha value is -4.42. The molecule has 4 heterocycles. The van der Waals surface area contributed by atoms with Crippen LogP contribution >= 0.6 is 35.9 Å². The predicted octanol–water partition coefficient (Wildman–Crippen LogP) is -0.473. The van der Waals surface area contributed by atoms with Gasteiger partial charge < -0.3 is 31.0 Å². The Morgan fingerprint density at radius 1 is 1.32 bits per heavy atom. The zero-order valence-electron chi connectivity index (χ0n) is 23.5. The largest absolute Gasteiger partial charge is 0.477 e. The van der Waals surface area contributed by atoms with Crippen LogP contribution in [-0.2, 0) is 30.5 Å². The van der Waals surface area contributed by atoms with E-state index in [1.807, 2.05) is 0 Å². The van der Waals surface area contributed by atoms with Crippen molar-refractivity contribution >= 4 is 76.2 Å². The number of tetrazole rings is 1. The second-order valence-corrected chi connectivity index (χ2v) is 12.9. The van der Waals surface area contributed by atoms with E-state index in [0.29, 0.717) is 6.42 Å². The highest BCUT2D eigenvalue weighted by atomic mass is 32.2. The van der Waals surface area contributed by atoms with Gasteiger partial charge in [-0.1, -0.05) is 11.1 Å². The normalized spacial score (nSPS) is 19.9. The number of anilines is 1. The molecule has 1 fully saturated rings. The number of carboxylic acids is 1. The maximum absolute atomic E-state index is 13.3. The van der Waals surface area contributed by atoms with Crippen LogP contribution < -0.4 is 16.4 Å². The molecule has 1 saturated heterocycles. The quantitative estimate of drug-likeness (QED) is 0.0509. The summed E-state index contributed by atoms with van der Waals surface area (Å²) in [5, 5.41) is 29.8. The van der Waals surface area contributed by atoms with Crippen molar-refractivity contribution < 1.29 is 33.9 Å². The Morgan fingerprint density at radius 3 is 2.70 bits per heavy atom. The summed E-state index contributed by atoms with van der Waals surface area (Å²) in [6.07, 6.45) is 4.96. The SMILES string of the molecule is C#CCON=C(C(=O)NC1C(=O)N2C(C(=O)O)=C(c3nnnn3CCCNC(=O)OC(C)(C)C)C(S)S[C@H]12)c1nsc(N)n1. The van der Waals surface area contributed by atoms with Crippen molar-refractivity contribution in [2.75, 3.05) is 18.9 Å². The number of oxime groups is 1. The standard InChI is InChI=1S/C23H27N11O7S3/c1-5-9-40-29-11(14-27-21(24)44-30-14)16(35)26-12-17(36)34-13(19(37)38)10(20(42)43-18(12)34)15-28-31-32-33(15)8-6-7-25-22(39)41-23(2,3)4/h1,12,18,20,42H,6-9H2,2-4H3,(H,25,39)(H,26,35)(H,37,38)(H2,24,27,30)/t12?,18-,20?/m1/s1. The number of thiol groups is 1. The van der Waals surface area contributed by atoms with E-state index in [1.54, 1.807) is 20.8 Å². The van der Waals surface area contributed by atoms with E-state index >= 15 is 0 Å². The van der Waals surface area contributed by atoms with Crippen molar-refractivity contribution in [3.8, 4) is 12.3 Å². The second-order valence-electron chi connectivity index (χ2n) is 9.99. The minimum absolute atomic E-state index is 0.0644. The van der Waals surface area contributed by atoms with E-state index in [2.05, 4.69) is 59.2 Å². The third-order valence-electron chi connectivity index (χ3n) is 5.70. The van der Waals surface area contributed by atoms with Crippen molar-refractivity contribution in [3.05, 3.63) is 17.3 Å². The number of fused-ring (bicyclic) bond motifs is 1. The number of nitrogens with zero attached hydrogens (tertiary/aromatic N) is 8. The van der Waals surface area contributed by atoms with Gasteiger partial charge in [0.05, 0.1) is 10.2 Å². The number of terminal acetylenes is 1. The molecule has 5 N–H and O–H groups in total. The first-order valence-electron chi connectivity index (χ1n) is 12.7. The molecule has 3 amide bonds. The lowest BCUT2D eigenvalue weighted by Crippen LogP contribution is -2.71. The number of hydrogen-bond acceptors (Lipinski definition) is 16. The van der Waals surface area contributed by atoms with Crippen molar-refractivity contribution in [2.45, 2.75) is 55.3 Å². The number of nitrogens with one attached hydrogen (secondary N) is 2. The minimum Gasteiger partial charge on any atom is -0.477 e. The van der Waals surface area contributed by atoms with Crippen LogP contribution in [0.15, 0.2) is 10.9 Å². The minimum atomic E-state index is -1.42. The zero-order chi connectivity index (χ0) is 32.2. The molecule has 2 aromatic rings. The fraction of sp³-hybridized carbons (Fsp3) is 0.478. The van der Waals surface area contributed by atoms with Crippen LogP contribution in [0.4, 0.5) is 9.93 Å². The van der Waals surface area contributed by atoms with E-state index in [4.69, 9.17) is 21.7 Å². The van der Waals surface area contributed by atoms with E-state index in [1.165, 1.54) is 4.68 Å². The molecule has 44 heavy (non-hydrogen) atoms. The molecule has 0 spiro atoms. The lowest BCUT2D eigenvalue weighted by Gasteiger charge is -2.50. The Labute approximate surface area is 263 Å². The number of ether oxygens (including phenoxy) is 1. The summed E-state index contributed by atoms with van der Waals surface area (Å²) >= 11 is 6.50. The summed E-state index contributed by atoms with van der Waals surface area (Å²) in [5.74, 6) is -0.863. The number of nitrogen functional groups attached to an aromatic ring is 1. The van der Waals surface area contributed by atoms with Crippen LogP contribution in [0.25, 0.3) is 5.57 Å². The van der Waals surface area contributed by atoms with Crippen molar-refractivity contribution in [3.63, 3.8) is 0 Å². The first-order valence-corrected chi connectivity index (χ1v) is 15.0. The topological polar surface area (TPSA) is 242 Å². The number of β-lactam (4-membered cyclic amide) rings is 1. The van der Waals surface area contributed by atoms with Crippen LogP contribution in [-0.4, -0.2) is 104 Å². The van der Waals surface area contributed by atoms with Gasteiger partial charge in [-0.3, -0.25) is 14.5 Å². The first-order chi connectivity index (χ1) is 20.8. The van der Waals surface area contributed by atoms with Gasteiger partial charge in [-0.25, -0.2) is 14.3 Å². The number of amides is 3. The average Bonchev–Trinajstić information content (AvgIpc) is 3.59. The van der Waals surface area contributed by atoms with Gasteiger partial charge in [0.1, 0.15) is 22.7 Å².